The summed E-state index contributed by atoms with van der Waals surface area (Å²) >= 11 is 0.875. The highest BCUT2D eigenvalue weighted by Crippen LogP contribution is 2.23. The summed E-state index contributed by atoms with van der Waals surface area (Å²) in [5, 5.41) is 0.961. The molecule has 1 aliphatic rings. The van der Waals surface area contributed by atoms with Gasteiger partial charge in [-0.25, -0.2) is 4.79 Å². The number of rotatable bonds is 3. The molecule has 1 aromatic heterocycles. The van der Waals surface area contributed by atoms with Gasteiger partial charge in [0.2, 0.25) is 0 Å². The van der Waals surface area contributed by atoms with Gasteiger partial charge in [0, 0.05) is 0 Å². The van der Waals surface area contributed by atoms with E-state index >= 15 is 0 Å². The van der Waals surface area contributed by atoms with Crippen LogP contribution in [-0.4, -0.2) is 26.8 Å². The summed E-state index contributed by atoms with van der Waals surface area (Å²) in [7, 11) is 0. The average Bonchev–Trinajstić information content (AvgIpc) is 3.06. The Hall–Kier alpha value is -3.26. The Morgan fingerprint density at radius 3 is 2.20 bits per heavy atom. The van der Waals surface area contributed by atoms with Crippen molar-refractivity contribution in [3.8, 4) is 0 Å². The van der Waals surface area contributed by atoms with Crippen LogP contribution in [0.5, 0.6) is 0 Å². The van der Waals surface area contributed by atoms with Crippen LogP contribution in [0, 0.1) is 0 Å². The number of para-hydroxylation sites is 1. The molecule has 3 aromatic rings. The van der Waals surface area contributed by atoms with Gasteiger partial charge in [0.25, 0.3) is 16.6 Å². The zero-order valence-electron chi connectivity index (χ0n) is 12.7. The van der Waals surface area contributed by atoms with Crippen LogP contribution in [0.3, 0.4) is 0 Å². The van der Waals surface area contributed by atoms with Crippen molar-refractivity contribution in [2.75, 3.05) is 0 Å². The van der Waals surface area contributed by atoms with E-state index in [2.05, 4.69) is 0 Å². The normalized spacial score (nSPS) is 13.4. The van der Waals surface area contributed by atoms with E-state index in [0.29, 0.717) is 16.0 Å². The van der Waals surface area contributed by atoms with Gasteiger partial charge < -0.3 is 4.84 Å². The number of amides is 2. The molecule has 0 spiro atoms. The fraction of sp³-hybridized carbons (Fsp3) is 0.0588. The molecular formula is C17H10N2O5S. The summed E-state index contributed by atoms with van der Waals surface area (Å²) < 4.78 is 1.29. The highest BCUT2D eigenvalue weighted by Gasteiger charge is 2.38. The Balaban J connectivity index is 1.56. The molecule has 4 rings (SSSR count). The molecule has 124 valence electrons. The third kappa shape index (κ3) is 2.43. The summed E-state index contributed by atoms with van der Waals surface area (Å²) in [5.74, 6) is -2.18. The number of carbonyl (C=O) groups excluding carboxylic acids is 3. The lowest BCUT2D eigenvalue weighted by atomic mass is 10.1. The summed E-state index contributed by atoms with van der Waals surface area (Å²) in [6.07, 6.45) is 0. The maximum absolute atomic E-state index is 12.2. The number of hydrogen-bond donors (Lipinski definition) is 0. The van der Waals surface area contributed by atoms with Gasteiger partial charge in [-0.1, -0.05) is 29.3 Å². The first-order valence-electron chi connectivity index (χ1n) is 7.34. The van der Waals surface area contributed by atoms with E-state index in [1.165, 1.54) is 16.1 Å². The Labute approximate surface area is 144 Å². The van der Waals surface area contributed by atoms with Gasteiger partial charge in [-0.3, -0.25) is 18.3 Å². The summed E-state index contributed by atoms with van der Waals surface area (Å²) in [6, 6.07) is 13.1. The zero-order chi connectivity index (χ0) is 17.6. The fourth-order valence-electron chi connectivity index (χ4n) is 2.68. The lowest BCUT2D eigenvalue weighted by Crippen LogP contribution is -2.33. The SMILES string of the molecule is O=C(Cn1sc(=O)c2ccccc21)ON1C(=O)c2ccccc2C1=O. The van der Waals surface area contributed by atoms with Crippen molar-refractivity contribution in [2.45, 2.75) is 6.54 Å². The van der Waals surface area contributed by atoms with Crippen LogP contribution in [0.15, 0.2) is 53.3 Å². The molecule has 8 heteroatoms. The highest BCUT2D eigenvalue weighted by molar-refractivity contribution is 7.05. The van der Waals surface area contributed by atoms with Crippen LogP contribution < -0.4 is 4.74 Å². The van der Waals surface area contributed by atoms with E-state index in [4.69, 9.17) is 4.84 Å². The highest BCUT2D eigenvalue weighted by atomic mass is 32.1. The molecule has 0 atom stereocenters. The van der Waals surface area contributed by atoms with E-state index in [1.807, 2.05) is 0 Å². The van der Waals surface area contributed by atoms with Crippen molar-refractivity contribution in [2.24, 2.45) is 0 Å². The van der Waals surface area contributed by atoms with E-state index in [1.54, 1.807) is 36.4 Å². The predicted octanol–water partition coefficient (Wildman–Crippen LogP) is 1.82. The maximum atomic E-state index is 12.2. The quantitative estimate of drug-likeness (QED) is 0.670. The third-order valence-corrected chi connectivity index (χ3v) is 4.74. The van der Waals surface area contributed by atoms with E-state index < -0.39 is 17.8 Å². The molecule has 0 aliphatic carbocycles. The lowest BCUT2D eigenvalue weighted by Gasteiger charge is -2.12. The molecule has 2 heterocycles. The largest absolute Gasteiger partial charge is 0.353 e. The topological polar surface area (TPSA) is 85.7 Å². The van der Waals surface area contributed by atoms with Crippen molar-refractivity contribution >= 4 is 40.2 Å². The van der Waals surface area contributed by atoms with Crippen molar-refractivity contribution in [1.29, 1.82) is 0 Å². The number of nitrogens with zero attached hydrogens (tertiary/aromatic N) is 2. The molecule has 7 nitrogen and oxygen atoms in total. The van der Waals surface area contributed by atoms with E-state index in [0.717, 1.165) is 11.5 Å². The van der Waals surface area contributed by atoms with E-state index in [9.17, 15) is 19.2 Å². The molecule has 0 radical (unpaired) electrons. The average molecular weight is 354 g/mol. The molecule has 0 unspecified atom stereocenters. The number of carbonyl (C=O) groups is 3. The zero-order valence-corrected chi connectivity index (χ0v) is 13.5. The van der Waals surface area contributed by atoms with Crippen molar-refractivity contribution in [1.82, 2.24) is 9.02 Å². The van der Waals surface area contributed by atoms with Gasteiger partial charge >= 0.3 is 5.97 Å². The Kier molecular flexibility index (Phi) is 3.47. The fourth-order valence-corrected chi connectivity index (χ4v) is 3.58. The van der Waals surface area contributed by atoms with Gasteiger partial charge in [0.05, 0.1) is 22.0 Å². The van der Waals surface area contributed by atoms with Gasteiger partial charge in [-0.2, -0.15) is 0 Å². The minimum Gasteiger partial charge on any atom is -0.328 e. The summed E-state index contributed by atoms with van der Waals surface area (Å²) in [6.45, 7) is -0.277. The van der Waals surface area contributed by atoms with Gasteiger partial charge in [-0.15, -0.1) is 0 Å². The lowest BCUT2D eigenvalue weighted by molar-refractivity contribution is -0.169. The smallest absolute Gasteiger partial charge is 0.328 e. The second kappa shape index (κ2) is 5.67. The molecule has 2 aromatic carbocycles. The second-order valence-corrected chi connectivity index (χ2v) is 6.34. The Morgan fingerprint density at radius 1 is 0.920 bits per heavy atom. The number of aromatic nitrogens is 1. The van der Waals surface area contributed by atoms with Gasteiger partial charge in [0.1, 0.15) is 6.54 Å². The van der Waals surface area contributed by atoms with Crippen molar-refractivity contribution < 1.29 is 19.2 Å². The Bertz CT molecular complexity index is 1060. The number of benzene rings is 2. The van der Waals surface area contributed by atoms with Crippen LogP contribution >= 0.6 is 11.5 Å². The van der Waals surface area contributed by atoms with Crippen LogP contribution in [0.25, 0.3) is 10.9 Å². The standard InChI is InChI=1S/C17H10N2O5S/c20-14(9-18-13-8-4-3-7-12(13)17(23)25-18)24-19-15(21)10-5-1-2-6-11(10)16(19)22/h1-8H,9H2. The summed E-state index contributed by atoms with van der Waals surface area (Å²) in [5.41, 5.74) is 0.976. The monoisotopic (exact) mass is 354 g/mol. The predicted molar refractivity (Wildman–Crippen MR) is 89.1 cm³/mol. The summed E-state index contributed by atoms with van der Waals surface area (Å²) in [4.78, 5) is 53.4. The minimum absolute atomic E-state index is 0.177. The van der Waals surface area contributed by atoms with Gasteiger partial charge in [0.15, 0.2) is 0 Å². The number of fused-ring (bicyclic) bond motifs is 2. The maximum Gasteiger partial charge on any atom is 0.353 e. The third-order valence-electron chi connectivity index (χ3n) is 3.81. The van der Waals surface area contributed by atoms with Crippen LogP contribution in [0.2, 0.25) is 0 Å². The van der Waals surface area contributed by atoms with Crippen molar-refractivity contribution in [3.63, 3.8) is 0 Å². The van der Waals surface area contributed by atoms with Crippen LogP contribution in [0.1, 0.15) is 20.7 Å². The molecule has 25 heavy (non-hydrogen) atoms. The number of hydrogen-bond acceptors (Lipinski definition) is 6. The van der Waals surface area contributed by atoms with Crippen molar-refractivity contribution in [3.05, 3.63) is 69.2 Å². The Morgan fingerprint density at radius 2 is 1.52 bits per heavy atom. The first-order valence-corrected chi connectivity index (χ1v) is 8.11. The molecule has 0 N–H and O–H groups in total. The van der Waals surface area contributed by atoms with Crippen LogP contribution in [-0.2, 0) is 16.2 Å². The first kappa shape index (κ1) is 15.3. The first-order chi connectivity index (χ1) is 12.1. The number of imide groups is 1. The molecule has 1 aliphatic heterocycles. The van der Waals surface area contributed by atoms with E-state index in [-0.39, 0.29) is 22.4 Å². The van der Waals surface area contributed by atoms with Gasteiger partial charge in [-0.05, 0) is 35.8 Å². The molecular weight excluding hydrogens is 344 g/mol. The molecule has 0 saturated heterocycles. The van der Waals surface area contributed by atoms with Crippen LogP contribution in [0.4, 0.5) is 0 Å². The minimum atomic E-state index is -0.813. The molecule has 2 amide bonds. The molecule has 0 fully saturated rings. The molecule has 0 bridgehead atoms. The molecule has 0 saturated carbocycles. The second-order valence-electron chi connectivity index (χ2n) is 5.35. The number of hydroxylamine groups is 2.